The van der Waals surface area contributed by atoms with Crippen LogP contribution in [-0.2, 0) is 6.42 Å². The van der Waals surface area contributed by atoms with Crippen molar-refractivity contribution >= 4 is 0 Å². The van der Waals surface area contributed by atoms with Crippen LogP contribution in [0.5, 0.6) is 11.5 Å². The number of benzene rings is 1. The first-order valence-corrected chi connectivity index (χ1v) is 6.43. The lowest BCUT2D eigenvalue weighted by molar-refractivity contribution is 0.173. The van der Waals surface area contributed by atoms with Crippen LogP contribution < -0.4 is 14.8 Å². The molecule has 3 rings (SSSR count). The minimum absolute atomic E-state index is 0.370. The third-order valence-electron chi connectivity index (χ3n) is 3.77. The predicted molar refractivity (Wildman–Crippen MR) is 66.6 cm³/mol. The van der Waals surface area contributed by atoms with Gasteiger partial charge in [0, 0.05) is 5.56 Å². The van der Waals surface area contributed by atoms with Crippen LogP contribution in [0.15, 0.2) is 12.1 Å². The van der Waals surface area contributed by atoms with Crippen LogP contribution in [0, 0.1) is 12.8 Å². The Hall–Kier alpha value is -1.22. The van der Waals surface area contributed by atoms with Gasteiger partial charge in [0.15, 0.2) is 11.5 Å². The maximum Gasteiger partial charge on any atom is 0.231 e. The molecular weight excluding hydrogens is 214 g/mol. The molecule has 1 N–H and O–H groups in total. The fourth-order valence-electron chi connectivity index (χ4n) is 2.77. The Kier molecular flexibility index (Phi) is 2.93. The van der Waals surface area contributed by atoms with E-state index in [0.717, 1.165) is 30.4 Å². The van der Waals surface area contributed by atoms with Gasteiger partial charge in [-0.3, -0.25) is 0 Å². The lowest BCUT2D eigenvalue weighted by atomic mass is 9.90. The molecule has 0 amide bonds. The molecule has 0 aliphatic carbocycles. The zero-order chi connectivity index (χ0) is 11.7. The van der Waals surface area contributed by atoms with Gasteiger partial charge in [0.2, 0.25) is 6.79 Å². The Morgan fingerprint density at radius 3 is 3.12 bits per heavy atom. The summed E-state index contributed by atoms with van der Waals surface area (Å²) in [5, 5.41) is 3.47. The van der Waals surface area contributed by atoms with Crippen molar-refractivity contribution in [3.05, 3.63) is 23.3 Å². The summed E-state index contributed by atoms with van der Waals surface area (Å²) in [4.78, 5) is 0. The molecule has 3 heteroatoms. The first kappa shape index (κ1) is 10.9. The second kappa shape index (κ2) is 4.57. The lowest BCUT2D eigenvalue weighted by Gasteiger charge is -2.23. The molecule has 1 fully saturated rings. The first-order valence-electron chi connectivity index (χ1n) is 6.43. The van der Waals surface area contributed by atoms with Crippen molar-refractivity contribution in [2.75, 3.05) is 19.9 Å². The van der Waals surface area contributed by atoms with E-state index in [1.54, 1.807) is 0 Å². The van der Waals surface area contributed by atoms with E-state index in [1.165, 1.54) is 30.5 Å². The summed E-state index contributed by atoms with van der Waals surface area (Å²) in [6.45, 7) is 4.83. The number of hydrogen-bond acceptors (Lipinski definition) is 3. The number of aryl methyl sites for hydroxylation is 1. The quantitative estimate of drug-likeness (QED) is 0.850. The first-order chi connectivity index (χ1) is 8.34. The number of nitrogens with one attached hydrogen (secondary N) is 1. The van der Waals surface area contributed by atoms with Gasteiger partial charge in [0.05, 0.1) is 0 Å². The average molecular weight is 233 g/mol. The van der Waals surface area contributed by atoms with E-state index in [4.69, 9.17) is 9.47 Å². The van der Waals surface area contributed by atoms with Crippen molar-refractivity contribution in [3.63, 3.8) is 0 Å². The minimum atomic E-state index is 0.370. The summed E-state index contributed by atoms with van der Waals surface area (Å²) in [5.74, 6) is 2.63. The van der Waals surface area contributed by atoms with Crippen molar-refractivity contribution in [2.45, 2.75) is 26.2 Å². The van der Waals surface area contributed by atoms with Crippen LogP contribution in [0.4, 0.5) is 0 Å². The van der Waals surface area contributed by atoms with Gasteiger partial charge in [-0.15, -0.1) is 0 Å². The molecule has 0 spiro atoms. The second-order valence-corrected chi connectivity index (χ2v) is 5.01. The second-order valence-electron chi connectivity index (χ2n) is 5.01. The molecule has 17 heavy (non-hydrogen) atoms. The number of ether oxygens (including phenoxy) is 2. The van der Waals surface area contributed by atoms with Crippen LogP contribution >= 0.6 is 0 Å². The van der Waals surface area contributed by atoms with Crippen molar-refractivity contribution in [1.82, 2.24) is 5.32 Å². The fourth-order valence-corrected chi connectivity index (χ4v) is 2.77. The van der Waals surface area contributed by atoms with Gasteiger partial charge in [-0.25, -0.2) is 0 Å². The zero-order valence-corrected chi connectivity index (χ0v) is 10.3. The largest absolute Gasteiger partial charge is 0.454 e. The molecule has 2 heterocycles. The van der Waals surface area contributed by atoms with E-state index in [-0.39, 0.29) is 0 Å². The highest BCUT2D eigenvalue weighted by atomic mass is 16.7. The highest BCUT2D eigenvalue weighted by Crippen LogP contribution is 2.38. The molecule has 1 atom stereocenters. The SMILES string of the molecule is Cc1ccc2c(c1CC1CCCNC1)OCO2. The molecule has 0 radical (unpaired) electrons. The predicted octanol–water partition coefficient (Wildman–Crippen LogP) is 2.27. The summed E-state index contributed by atoms with van der Waals surface area (Å²) in [6, 6.07) is 4.15. The molecule has 3 nitrogen and oxygen atoms in total. The molecule has 2 aliphatic rings. The van der Waals surface area contributed by atoms with Crippen LogP contribution in [0.3, 0.4) is 0 Å². The normalized spacial score (nSPS) is 22.8. The lowest BCUT2D eigenvalue weighted by Crippen LogP contribution is -2.31. The molecule has 0 saturated carbocycles. The van der Waals surface area contributed by atoms with Gasteiger partial charge < -0.3 is 14.8 Å². The van der Waals surface area contributed by atoms with E-state index in [2.05, 4.69) is 18.3 Å². The smallest absolute Gasteiger partial charge is 0.231 e. The van der Waals surface area contributed by atoms with Gasteiger partial charge in [-0.1, -0.05) is 6.07 Å². The Morgan fingerprint density at radius 2 is 2.29 bits per heavy atom. The summed E-state index contributed by atoms with van der Waals surface area (Å²) in [7, 11) is 0. The van der Waals surface area contributed by atoms with Gasteiger partial charge in [-0.2, -0.15) is 0 Å². The fraction of sp³-hybridized carbons (Fsp3) is 0.571. The van der Waals surface area contributed by atoms with Gasteiger partial charge in [-0.05, 0) is 56.8 Å². The van der Waals surface area contributed by atoms with E-state index in [0.29, 0.717) is 6.79 Å². The van der Waals surface area contributed by atoms with E-state index in [1.807, 2.05) is 6.07 Å². The molecule has 1 unspecified atom stereocenters. The molecule has 2 aliphatic heterocycles. The summed E-state index contributed by atoms with van der Waals surface area (Å²) in [5.41, 5.74) is 2.66. The number of piperidine rings is 1. The van der Waals surface area contributed by atoms with Gasteiger partial charge in [0.25, 0.3) is 0 Å². The molecule has 92 valence electrons. The van der Waals surface area contributed by atoms with Gasteiger partial charge in [0.1, 0.15) is 0 Å². The van der Waals surface area contributed by atoms with Gasteiger partial charge >= 0.3 is 0 Å². The zero-order valence-electron chi connectivity index (χ0n) is 10.3. The Bertz CT molecular complexity index is 411. The molecule has 1 aromatic carbocycles. The highest BCUT2D eigenvalue weighted by Gasteiger charge is 2.22. The van der Waals surface area contributed by atoms with Crippen molar-refractivity contribution in [3.8, 4) is 11.5 Å². The number of rotatable bonds is 2. The maximum absolute atomic E-state index is 5.61. The summed E-state index contributed by atoms with van der Waals surface area (Å²) >= 11 is 0. The van der Waals surface area contributed by atoms with Crippen molar-refractivity contribution < 1.29 is 9.47 Å². The Morgan fingerprint density at radius 1 is 1.35 bits per heavy atom. The van der Waals surface area contributed by atoms with E-state index >= 15 is 0 Å². The Labute approximate surface area is 102 Å². The van der Waals surface area contributed by atoms with Crippen LogP contribution in [-0.4, -0.2) is 19.9 Å². The highest BCUT2D eigenvalue weighted by molar-refractivity contribution is 5.52. The monoisotopic (exact) mass is 233 g/mol. The summed E-state index contributed by atoms with van der Waals surface area (Å²) in [6.07, 6.45) is 3.71. The maximum atomic E-state index is 5.61. The molecule has 0 bridgehead atoms. The van der Waals surface area contributed by atoms with Crippen LogP contribution in [0.2, 0.25) is 0 Å². The molecule has 1 aromatic rings. The number of fused-ring (bicyclic) bond motifs is 1. The third kappa shape index (κ3) is 2.12. The molecule has 0 aromatic heterocycles. The molecule has 1 saturated heterocycles. The van der Waals surface area contributed by atoms with Crippen molar-refractivity contribution in [1.29, 1.82) is 0 Å². The minimum Gasteiger partial charge on any atom is -0.454 e. The molecular formula is C14H19NO2. The standard InChI is InChI=1S/C14H19NO2/c1-10-4-5-13-14(17-9-16-13)12(10)7-11-3-2-6-15-8-11/h4-5,11,15H,2-3,6-9H2,1H3. The van der Waals surface area contributed by atoms with Crippen LogP contribution in [0.25, 0.3) is 0 Å². The summed E-state index contributed by atoms with van der Waals surface area (Å²) < 4.78 is 11.1. The number of hydrogen-bond donors (Lipinski definition) is 1. The van der Waals surface area contributed by atoms with Crippen molar-refractivity contribution in [2.24, 2.45) is 5.92 Å². The van der Waals surface area contributed by atoms with E-state index in [9.17, 15) is 0 Å². The third-order valence-corrected chi connectivity index (χ3v) is 3.77. The van der Waals surface area contributed by atoms with Crippen LogP contribution in [0.1, 0.15) is 24.0 Å². The average Bonchev–Trinajstić information content (AvgIpc) is 2.83. The Balaban J connectivity index is 1.84. The van der Waals surface area contributed by atoms with E-state index < -0.39 is 0 Å². The topological polar surface area (TPSA) is 30.5 Å².